The Balaban J connectivity index is 1.83. The minimum absolute atomic E-state index is 0.0818. The van der Waals surface area contributed by atoms with Crippen molar-refractivity contribution in [3.63, 3.8) is 0 Å². The van der Waals surface area contributed by atoms with Gasteiger partial charge in [-0.3, -0.25) is 14.4 Å². The molecule has 0 atom stereocenters. The fraction of sp³-hybridized carbons (Fsp3) is 0.611. The predicted octanol–water partition coefficient (Wildman–Crippen LogP) is 3.10. The lowest BCUT2D eigenvalue weighted by molar-refractivity contribution is -0.138. The summed E-state index contributed by atoms with van der Waals surface area (Å²) < 4.78 is 0. The highest BCUT2D eigenvalue weighted by Crippen LogP contribution is 2.37. The molecule has 25 heavy (non-hydrogen) atoms. The van der Waals surface area contributed by atoms with Crippen molar-refractivity contribution < 1.29 is 19.5 Å². The maximum Gasteiger partial charge on any atom is 0.303 e. The Kier molecular flexibility index (Phi) is 5.73. The number of carbonyl (C=O) groups excluding carboxylic acids is 2. The van der Waals surface area contributed by atoms with Crippen molar-refractivity contribution in [2.45, 2.75) is 70.3 Å². The quantitative estimate of drug-likeness (QED) is 0.723. The van der Waals surface area contributed by atoms with E-state index in [-0.39, 0.29) is 30.7 Å². The Labute approximate surface area is 151 Å². The Hall–Kier alpha value is -1.89. The van der Waals surface area contributed by atoms with E-state index >= 15 is 0 Å². The van der Waals surface area contributed by atoms with E-state index in [9.17, 15) is 14.4 Å². The molecule has 0 spiro atoms. The summed E-state index contributed by atoms with van der Waals surface area (Å²) in [5.74, 6) is -1.45. The number of carbonyl (C=O) groups is 3. The summed E-state index contributed by atoms with van der Waals surface area (Å²) in [7, 11) is 0. The first-order valence-electron chi connectivity index (χ1n) is 9.01. The summed E-state index contributed by atoms with van der Waals surface area (Å²) in [6, 6.07) is 0.257. The highest BCUT2D eigenvalue weighted by Gasteiger charge is 2.29. The van der Waals surface area contributed by atoms with Crippen LogP contribution in [0.4, 0.5) is 5.00 Å². The molecule has 1 heterocycles. The van der Waals surface area contributed by atoms with Gasteiger partial charge in [-0.1, -0.05) is 12.8 Å². The van der Waals surface area contributed by atoms with E-state index in [2.05, 4.69) is 10.6 Å². The number of fused-ring (bicyclic) bond motifs is 1. The Morgan fingerprint density at radius 3 is 2.44 bits per heavy atom. The van der Waals surface area contributed by atoms with E-state index in [4.69, 9.17) is 5.11 Å². The van der Waals surface area contributed by atoms with Gasteiger partial charge in [0.15, 0.2) is 0 Å². The van der Waals surface area contributed by atoms with Crippen LogP contribution in [0.1, 0.15) is 72.2 Å². The average Bonchev–Trinajstić information content (AvgIpc) is 3.28. The number of hydrogen-bond acceptors (Lipinski definition) is 4. The molecule has 7 heteroatoms. The summed E-state index contributed by atoms with van der Waals surface area (Å²) in [6.07, 6.45) is 8.06. The molecule has 3 rings (SSSR count). The van der Waals surface area contributed by atoms with Crippen LogP contribution in [-0.2, 0) is 22.4 Å². The lowest BCUT2D eigenvalue weighted by atomic mass is 9.96. The molecule has 136 valence electrons. The minimum Gasteiger partial charge on any atom is -0.481 e. The van der Waals surface area contributed by atoms with Crippen LogP contribution in [0.3, 0.4) is 0 Å². The maximum atomic E-state index is 12.7. The van der Waals surface area contributed by atoms with Crippen LogP contribution < -0.4 is 10.6 Å². The van der Waals surface area contributed by atoms with Crippen molar-refractivity contribution in [3.05, 3.63) is 16.0 Å². The number of anilines is 1. The summed E-state index contributed by atoms with van der Waals surface area (Å²) in [4.78, 5) is 36.7. The number of nitrogens with one attached hydrogen (secondary N) is 2. The topological polar surface area (TPSA) is 95.5 Å². The molecule has 1 fully saturated rings. The standard InChI is InChI=1S/C18H24N2O4S/c21-14(9-10-15(22)23)20-18-16(17(24)19-11-7-8-11)12-5-3-1-2-4-6-13(12)25-18/h11H,1-10H2,(H,19,24)(H,20,21)(H,22,23). The summed E-state index contributed by atoms with van der Waals surface area (Å²) >= 11 is 1.48. The van der Waals surface area contributed by atoms with Gasteiger partial charge >= 0.3 is 5.97 Å². The third-order valence-corrected chi connectivity index (χ3v) is 5.84. The summed E-state index contributed by atoms with van der Waals surface area (Å²) in [6.45, 7) is 0. The molecule has 2 aliphatic carbocycles. The number of aliphatic carboxylic acids is 1. The van der Waals surface area contributed by atoms with E-state index in [1.807, 2.05) is 0 Å². The largest absolute Gasteiger partial charge is 0.481 e. The average molecular weight is 364 g/mol. The van der Waals surface area contributed by atoms with Crippen molar-refractivity contribution in [1.82, 2.24) is 5.32 Å². The van der Waals surface area contributed by atoms with Crippen molar-refractivity contribution in [2.75, 3.05) is 5.32 Å². The lowest BCUT2D eigenvalue weighted by Crippen LogP contribution is -2.27. The highest BCUT2D eigenvalue weighted by molar-refractivity contribution is 7.17. The minimum atomic E-state index is -1.000. The normalized spacial score (nSPS) is 17.1. The zero-order valence-corrected chi connectivity index (χ0v) is 15.0. The molecule has 6 nitrogen and oxygen atoms in total. The Morgan fingerprint density at radius 1 is 1.04 bits per heavy atom. The van der Waals surface area contributed by atoms with Crippen molar-refractivity contribution in [3.8, 4) is 0 Å². The Bertz CT molecular complexity index is 679. The zero-order chi connectivity index (χ0) is 17.8. The van der Waals surface area contributed by atoms with Gasteiger partial charge in [-0.25, -0.2) is 0 Å². The molecular formula is C18H24N2O4S. The van der Waals surface area contributed by atoms with Gasteiger partial charge in [-0.15, -0.1) is 11.3 Å². The zero-order valence-electron chi connectivity index (χ0n) is 14.2. The van der Waals surface area contributed by atoms with Gasteiger partial charge in [-0.05, 0) is 44.1 Å². The molecule has 0 saturated heterocycles. The van der Waals surface area contributed by atoms with Crippen molar-refractivity contribution in [1.29, 1.82) is 0 Å². The van der Waals surface area contributed by atoms with E-state index in [1.165, 1.54) is 29.1 Å². The molecule has 0 unspecified atom stereocenters. The first-order valence-corrected chi connectivity index (χ1v) is 9.83. The molecule has 3 N–H and O–H groups in total. The number of hydrogen-bond donors (Lipinski definition) is 3. The molecule has 1 aromatic heterocycles. The van der Waals surface area contributed by atoms with Gasteiger partial charge in [0.2, 0.25) is 5.91 Å². The van der Waals surface area contributed by atoms with E-state index in [0.717, 1.165) is 44.1 Å². The SMILES string of the molecule is O=C(O)CCC(=O)Nc1sc2c(c1C(=O)NC1CC1)CCCCCC2. The molecule has 0 aliphatic heterocycles. The third kappa shape index (κ3) is 4.81. The van der Waals surface area contributed by atoms with Gasteiger partial charge in [0.05, 0.1) is 12.0 Å². The second-order valence-electron chi connectivity index (χ2n) is 6.81. The van der Waals surface area contributed by atoms with Crippen molar-refractivity contribution in [2.24, 2.45) is 0 Å². The summed E-state index contributed by atoms with van der Waals surface area (Å²) in [5.41, 5.74) is 1.69. The van der Waals surface area contributed by atoms with Crippen LogP contribution >= 0.6 is 11.3 Å². The first-order chi connectivity index (χ1) is 12.0. The van der Waals surface area contributed by atoms with E-state index in [1.54, 1.807) is 0 Å². The second kappa shape index (κ2) is 7.99. The maximum absolute atomic E-state index is 12.7. The number of thiophene rings is 1. The second-order valence-corrected chi connectivity index (χ2v) is 7.92. The highest BCUT2D eigenvalue weighted by atomic mass is 32.1. The fourth-order valence-corrected chi connectivity index (χ4v) is 4.45. The van der Waals surface area contributed by atoms with Crippen LogP contribution in [0.25, 0.3) is 0 Å². The summed E-state index contributed by atoms with van der Waals surface area (Å²) in [5, 5.41) is 15.1. The number of carboxylic acids is 1. The molecule has 0 radical (unpaired) electrons. The Morgan fingerprint density at radius 2 is 1.76 bits per heavy atom. The third-order valence-electron chi connectivity index (χ3n) is 4.63. The fourth-order valence-electron chi connectivity index (χ4n) is 3.14. The van der Waals surface area contributed by atoms with Gasteiger partial charge < -0.3 is 15.7 Å². The molecule has 0 bridgehead atoms. The van der Waals surface area contributed by atoms with E-state index in [0.29, 0.717) is 10.6 Å². The van der Waals surface area contributed by atoms with Crippen LogP contribution in [0.2, 0.25) is 0 Å². The molecule has 0 aromatic carbocycles. The van der Waals surface area contributed by atoms with Crippen LogP contribution in [0, 0.1) is 0 Å². The van der Waals surface area contributed by atoms with Gasteiger partial charge in [0, 0.05) is 17.3 Å². The van der Waals surface area contributed by atoms with Gasteiger partial charge in [-0.2, -0.15) is 0 Å². The number of rotatable bonds is 6. The van der Waals surface area contributed by atoms with Crippen LogP contribution in [-0.4, -0.2) is 28.9 Å². The molecule has 1 saturated carbocycles. The number of carboxylic acid groups (broad SMARTS) is 1. The van der Waals surface area contributed by atoms with Crippen molar-refractivity contribution >= 4 is 34.1 Å². The van der Waals surface area contributed by atoms with E-state index < -0.39 is 5.97 Å². The molecule has 1 aromatic rings. The molecular weight excluding hydrogens is 340 g/mol. The molecule has 2 aliphatic rings. The predicted molar refractivity (Wildman–Crippen MR) is 96.2 cm³/mol. The lowest BCUT2D eigenvalue weighted by Gasteiger charge is -2.12. The van der Waals surface area contributed by atoms with Gasteiger partial charge in [0.25, 0.3) is 5.91 Å². The first kappa shape index (κ1) is 17.9. The van der Waals surface area contributed by atoms with Crippen LogP contribution in [0.15, 0.2) is 0 Å². The molecule has 2 amide bonds. The van der Waals surface area contributed by atoms with Gasteiger partial charge in [0.1, 0.15) is 5.00 Å². The number of aryl methyl sites for hydroxylation is 1. The monoisotopic (exact) mass is 364 g/mol. The number of amides is 2. The smallest absolute Gasteiger partial charge is 0.303 e. The van der Waals surface area contributed by atoms with Crippen LogP contribution in [0.5, 0.6) is 0 Å².